The van der Waals surface area contributed by atoms with E-state index in [0.717, 1.165) is 17.8 Å². The summed E-state index contributed by atoms with van der Waals surface area (Å²) in [7, 11) is 0. The molecule has 4 nitrogen and oxygen atoms in total. The highest BCUT2D eigenvalue weighted by Gasteiger charge is 2.15. The van der Waals surface area contributed by atoms with E-state index < -0.39 is 0 Å². The first-order chi connectivity index (χ1) is 6.49. The minimum Gasteiger partial charge on any atom is -0.386 e. The first kappa shape index (κ1) is 10.8. The van der Waals surface area contributed by atoms with Gasteiger partial charge in [-0.05, 0) is 32.8 Å². The SMILES string of the molecule is CCc1c(C)nn(C(C)C(=N)N)c1C. The van der Waals surface area contributed by atoms with Gasteiger partial charge in [-0.1, -0.05) is 6.92 Å². The molecule has 0 aliphatic heterocycles. The number of amidine groups is 1. The van der Waals surface area contributed by atoms with E-state index in [2.05, 4.69) is 12.0 Å². The highest BCUT2D eigenvalue weighted by Crippen LogP contribution is 2.17. The number of aryl methyl sites for hydroxylation is 1. The lowest BCUT2D eigenvalue weighted by molar-refractivity contribution is 0.581. The topological polar surface area (TPSA) is 67.7 Å². The number of nitrogens with one attached hydrogen (secondary N) is 1. The normalized spacial score (nSPS) is 12.9. The van der Waals surface area contributed by atoms with Crippen molar-refractivity contribution in [3.05, 3.63) is 17.0 Å². The summed E-state index contributed by atoms with van der Waals surface area (Å²) in [6.45, 7) is 8.02. The molecule has 1 heterocycles. The zero-order chi connectivity index (χ0) is 10.9. The second kappa shape index (κ2) is 3.82. The van der Waals surface area contributed by atoms with Gasteiger partial charge in [-0.2, -0.15) is 5.10 Å². The quantitative estimate of drug-likeness (QED) is 0.566. The Balaban J connectivity index is 3.17. The first-order valence-corrected chi connectivity index (χ1v) is 4.87. The van der Waals surface area contributed by atoms with Crippen molar-refractivity contribution >= 4 is 5.84 Å². The minimum atomic E-state index is -0.144. The van der Waals surface area contributed by atoms with Gasteiger partial charge in [0.25, 0.3) is 0 Å². The van der Waals surface area contributed by atoms with Crippen LogP contribution in [0.15, 0.2) is 0 Å². The van der Waals surface area contributed by atoms with Crippen molar-refractivity contribution in [2.75, 3.05) is 0 Å². The summed E-state index contributed by atoms with van der Waals surface area (Å²) in [5.41, 5.74) is 8.88. The lowest BCUT2D eigenvalue weighted by Crippen LogP contribution is -2.25. The molecule has 0 saturated carbocycles. The van der Waals surface area contributed by atoms with E-state index in [4.69, 9.17) is 11.1 Å². The maximum atomic E-state index is 7.39. The fourth-order valence-corrected chi connectivity index (χ4v) is 1.72. The molecule has 0 spiro atoms. The summed E-state index contributed by atoms with van der Waals surface area (Å²) in [6, 6.07) is -0.144. The van der Waals surface area contributed by atoms with Crippen LogP contribution in [0.2, 0.25) is 0 Å². The first-order valence-electron chi connectivity index (χ1n) is 4.87. The number of nitrogens with zero attached hydrogens (tertiary/aromatic N) is 2. The standard InChI is InChI=1S/C10H18N4/c1-5-9-6(2)13-14(7(9)3)8(4)10(11)12/h8H,5H2,1-4H3,(H3,11,12). The predicted octanol–water partition coefficient (Wildman–Crippen LogP) is 1.56. The molecule has 0 saturated heterocycles. The van der Waals surface area contributed by atoms with Crippen molar-refractivity contribution in [3.63, 3.8) is 0 Å². The van der Waals surface area contributed by atoms with Crippen molar-refractivity contribution < 1.29 is 0 Å². The van der Waals surface area contributed by atoms with Crippen LogP contribution in [0.25, 0.3) is 0 Å². The molecule has 0 aromatic carbocycles. The molecule has 3 N–H and O–H groups in total. The second-order valence-electron chi connectivity index (χ2n) is 3.58. The van der Waals surface area contributed by atoms with Crippen LogP contribution in [0.4, 0.5) is 0 Å². The Morgan fingerprint density at radius 3 is 2.50 bits per heavy atom. The van der Waals surface area contributed by atoms with Crippen LogP contribution in [0.3, 0.4) is 0 Å². The zero-order valence-corrected chi connectivity index (χ0v) is 9.26. The fourth-order valence-electron chi connectivity index (χ4n) is 1.72. The van der Waals surface area contributed by atoms with Crippen LogP contribution >= 0.6 is 0 Å². The highest BCUT2D eigenvalue weighted by atomic mass is 15.3. The third-order valence-electron chi connectivity index (χ3n) is 2.65. The largest absolute Gasteiger partial charge is 0.386 e. The van der Waals surface area contributed by atoms with E-state index in [9.17, 15) is 0 Å². The van der Waals surface area contributed by atoms with Crippen LogP contribution in [-0.2, 0) is 6.42 Å². The molecule has 0 aliphatic rings. The van der Waals surface area contributed by atoms with E-state index in [1.807, 2.05) is 25.5 Å². The van der Waals surface area contributed by atoms with Crippen molar-refractivity contribution in [2.24, 2.45) is 5.73 Å². The van der Waals surface area contributed by atoms with Crippen LogP contribution in [0.5, 0.6) is 0 Å². The lowest BCUT2D eigenvalue weighted by atomic mass is 10.1. The molecule has 0 fully saturated rings. The molecule has 1 rings (SSSR count). The Labute approximate surface area is 84.6 Å². The van der Waals surface area contributed by atoms with Gasteiger partial charge in [0.1, 0.15) is 11.9 Å². The molecule has 14 heavy (non-hydrogen) atoms. The Hall–Kier alpha value is -1.32. The summed E-state index contributed by atoms with van der Waals surface area (Å²) in [4.78, 5) is 0. The van der Waals surface area contributed by atoms with Crippen LogP contribution in [-0.4, -0.2) is 15.6 Å². The van der Waals surface area contributed by atoms with Gasteiger partial charge in [-0.25, -0.2) is 0 Å². The third-order valence-corrected chi connectivity index (χ3v) is 2.65. The van der Waals surface area contributed by atoms with E-state index in [0.29, 0.717) is 0 Å². The molecular weight excluding hydrogens is 176 g/mol. The van der Waals surface area contributed by atoms with Crippen LogP contribution in [0.1, 0.15) is 36.8 Å². The summed E-state index contributed by atoms with van der Waals surface area (Å²) < 4.78 is 1.83. The summed E-state index contributed by atoms with van der Waals surface area (Å²) in [5.74, 6) is 0.151. The Bertz CT molecular complexity index is 351. The van der Waals surface area contributed by atoms with Crippen LogP contribution < -0.4 is 5.73 Å². The van der Waals surface area contributed by atoms with Gasteiger partial charge in [-0.3, -0.25) is 10.1 Å². The molecule has 0 bridgehead atoms. The maximum Gasteiger partial charge on any atom is 0.116 e. The van der Waals surface area contributed by atoms with Crippen molar-refractivity contribution in [3.8, 4) is 0 Å². The van der Waals surface area contributed by atoms with Crippen molar-refractivity contribution in [1.29, 1.82) is 5.41 Å². The van der Waals surface area contributed by atoms with Crippen LogP contribution in [0, 0.1) is 19.3 Å². The maximum absolute atomic E-state index is 7.39. The Morgan fingerprint density at radius 2 is 2.14 bits per heavy atom. The number of hydrogen-bond donors (Lipinski definition) is 2. The van der Waals surface area contributed by atoms with Gasteiger partial charge in [0.05, 0.1) is 5.69 Å². The Morgan fingerprint density at radius 1 is 1.57 bits per heavy atom. The van der Waals surface area contributed by atoms with E-state index >= 15 is 0 Å². The Kier molecular flexibility index (Phi) is 2.93. The average Bonchev–Trinajstić information content (AvgIpc) is 2.40. The number of rotatable bonds is 3. The predicted molar refractivity (Wildman–Crippen MR) is 57.7 cm³/mol. The monoisotopic (exact) mass is 194 g/mol. The van der Waals surface area contributed by atoms with Gasteiger partial charge in [-0.15, -0.1) is 0 Å². The van der Waals surface area contributed by atoms with Crippen molar-refractivity contribution in [1.82, 2.24) is 9.78 Å². The minimum absolute atomic E-state index is 0.144. The average molecular weight is 194 g/mol. The lowest BCUT2D eigenvalue weighted by Gasteiger charge is -2.12. The molecule has 1 aromatic rings. The molecular formula is C10H18N4. The molecule has 4 heteroatoms. The number of nitrogens with two attached hydrogens (primary N) is 1. The van der Waals surface area contributed by atoms with Gasteiger partial charge in [0.2, 0.25) is 0 Å². The molecule has 0 radical (unpaired) electrons. The smallest absolute Gasteiger partial charge is 0.116 e. The molecule has 1 aromatic heterocycles. The van der Waals surface area contributed by atoms with Gasteiger partial charge in [0.15, 0.2) is 0 Å². The third kappa shape index (κ3) is 1.64. The summed E-state index contributed by atoms with van der Waals surface area (Å²) >= 11 is 0. The second-order valence-corrected chi connectivity index (χ2v) is 3.58. The van der Waals surface area contributed by atoms with Gasteiger partial charge in [0, 0.05) is 5.69 Å². The van der Waals surface area contributed by atoms with Gasteiger partial charge >= 0.3 is 0 Å². The van der Waals surface area contributed by atoms with E-state index in [-0.39, 0.29) is 11.9 Å². The molecule has 0 amide bonds. The highest BCUT2D eigenvalue weighted by molar-refractivity contribution is 5.80. The van der Waals surface area contributed by atoms with Gasteiger partial charge < -0.3 is 5.73 Å². The fraction of sp³-hybridized carbons (Fsp3) is 0.600. The molecule has 1 unspecified atom stereocenters. The molecule has 0 aliphatic carbocycles. The molecule has 78 valence electrons. The number of aromatic nitrogens is 2. The molecule has 1 atom stereocenters. The number of hydrogen-bond acceptors (Lipinski definition) is 2. The summed E-state index contributed by atoms with van der Waals surface area (Å²) in [5, 5.41) is 11.8. The zero-order valence-electron chi connectivity index (χ0n) is 9.26. The summed E-state index contributed by atoms with van der Waals surface area (Å²) in [6.07, 6.45) is 0.974. The van der Waals surface area contributed by atoms with Crippen molar-refractivity contribution in [2.45, 2.75) is 40.2 Å². The van der Waals surface area contributed by atoms with E-state index in [1.165, 1.54) is 5.56 Å². The van der Waals surface area contributed by atoms with E-state index in [1.54, 1.807) is 0 Å².